The SMILES string of the molecule is CC1CCC(CNCC2COCCO2)O1. The van der Waals surface area contributed by atoms with Gasteiger partial charge in [-0.1, -0.05) is 0 Å². The van der Waals surface area contributed by atoms with E-state index in [-0.39, 0.29) is 6.10 Å². The zero-order chi connectivity index (χ0) is 10.5. The van der Waals surface area contributed by atoms with Gasteiger partial charge in [0.25, 0.3) is 0 Å². The lowest BCUT2D eigenvalue weighted by atomic mass is 10.2. The average Bonchev–Trinajstić information content (AvgIpc) is 2.66. The minimum atomic E-state index is 0.220. The van der Waals surface area contributed by atoms with Crippen LogP contribution >= 0.6 is 0 Å². The molecule has 2 fully saturated rings. The Balaban J connectivity index is 1.54. The molecule has 88 valence electrons. The summed E-state index contributed by atoms with van der Waals surface area (Å²) >= 11 is 0. The molecule has 0 aromatic heterocycles. The summed E-state index contributed by atoms with van der Waals surface area (Å²) in [6.07, 6.45) is 3.42. The molecule has 0 radical (unpaired) electrons. The summed E-state index contributed by atoms with van der Waals surface area (Å²) in [4.78, 5) is 0. The number of ether oxygens (including phenoxy) is 3. The van der Waals surface area contributed by atoms with Gasteiger partial charge < -0.3 is 19.5 Å². The Kier molecular flexibility index (Phi) is 4.38. The molecule has 0 aliphatic carbocycles. The van der Waals surface area contributed by atoms with Crippen LogP contribution in [0.1, 0.15) is 19.8 Å². The van der Waals surface area contributed by atoms with Gasteiger partial charge in [-0.3, -0.25) is 0 Å². The molecule has 0 aromatic carbocycles. The predicted octanol–water partition coefficient (Wildman–Crippen LogP) is 0.559. The topological polar surface area (TPSA) is 39.7 Å². The molecule has 0 aromatic rings. The van der Waals surface area contributed by atoms with Crippen LogP contribution in [-0.4, -0.2) is 51.2 Å². The fraction of sp³-hybridized carbons (Fsp3) is 1.00. The van der Waals surface area contributed by atoms with Gasteiger partial charge >= 0.3 is 0 Å². The lowest BCUT2D eigenvalue weighted by Crippen LogP contribution is -2.39. The van der Waals surface area contributed by atoms with E-state index < -0.39 is 0 Å². The highest BCUT2D eigenvalue weighted by Crippen LogP contribution is 2.18. The first kappa shape index (κ1) is 11.3. The van der Waals surface area contributed by atoms with Crippen LogP contribution in [0.25, 0.3) is 0 Å². The molecule has 2 heterocycles. The third kappa shape index (κ3) is 3.72. The number of hydrogen-bond acceptors (Lipinski definition) is 4. The lowest BCUT2D eigenvalue weighted by Gasteiger charge is -2.23. The Morgan fingerprint density at radius 3 is 2.67 bits per heavy atom. The first-order valence-electron chi connectivity index (χ1n) is 5.90. The van der Waals surface area contributed by atoms with E-state index in [0.717, 1.165) is 32.9 Å². The van der Waals surface area contributed by atoms with Crippen LogP contribution in [0, 0.1) is 0 Å². The normalized spacial score (nSPS) is 37.0. The molecule has 3 unspecified atom stereocenters. The fourth-order valence-corrected chi connectivity index (χ4v) is 2.10. The molecule has 4 heteroatoms. The minimum absolute atomic E-state index is 0.220. The van der Waals surface area contributed by atoms with Crippen molar-refractivity contribution in [3.8, 4) is 0 Å². The van der Waals surface area contributed by atoms with Crippen molar-refractivity contribution in [2.75, 3.05) is 32.9 Å². The van der Waals surface area contributed by atoms with Crippen molar-refractivity contribution < 1.29 is 14.2 Å². The van der Waals surface area contributed by atoms with Crippen molar-refractivity contribution in [2.24, 2.45) is 0 Å². The molecule has 2 aliphatic heterocycles. The van der Waals surface area contributed by atoms with Crippen LogP contribution in [0.4, 0.5) is 0 Å². The maximum atomic E-state index is 5.72. The average molecular weight is 215 g/mol. The van der Waals surface area contributed by atoms with Gasteiger partial charge in [0, 0.05) is 13.1 Å². The molecule has 0 amide bonds. The summed E-state index contributed by atoms with van der Waals surface area (Å²) in [5.41, 5.74) is 0. The second-order valence-electron chi connectivity index (χ2n) is 4.37. The summed E-state index contributed by atoms with van der Waals surface area (Å²) in [5.74, 6) is 0. The van der Waals surface area contributed by atoms with Crippen LogP contribution < -0.4 is 5.32 Å². The first-order valence-corrected chi connectivity index (χ1v) is 5.90. The van der Waals surface area contributed by atoms with E-state index in [1.54, 1.807) is 0 Å². The molecule has 0 saturated carbocycles. The second kappa shape index (κ2) is 5.80. The molecule has 15 heavy (non-hydrogen) atoms. The van der Waals surface area contributed by atoms with E-state index in [1.165, 1.54) is 12.8 Å². The smallest absolute Gasteiger partial charge is 0.0933 e. The van der Waals surface area contributed by atoms with Crippen LogP contribution in [0.3, 0.4) is 0 Å². The van der Waals surface area contributed by atoms with Gasteiger partial charge in [-0.2, -0.15) is 0 Å². The van der Waals surface area contributed by atoms with E-state index in [2.05, 4.69) is 12.2 Å². The van der Waals surface area contributed by atoms with Gasteiger partial charge in [-0.25, -0.2) is 0 Å². The van der Waals surface area contributed by atoms with Crippen molar-refractivity contribution in [3.63, 3.8) is 0 Å². The molecule has 2 aliphatic rings. The first-order chi connectivity index (χ1) is 7.34. The van der Waals surface area contributed by atoms with Gasteiger partial charge in [0.1, 0.15) is 0 Å². The maximum absolute atomic E-state index is 5.72. The Morgan fingerprint density at radius 1 is 1.13 bits per heavy atom. The Hall–Kier alpha value is -0.160. The minimum Gasteiger partial charge on any atom is -0.376 e. The number of nitrogens with one attached hydrogen (secondary N) is 1. The molecule has 2 saturated heterocycles. The summed E-state index contributed by atoms with van der Waals surface area (Å²) < 4.78 is 16.6. The predicted molar refractivity (Wildman–Crippen MR) is 57.0 cm³/mol. The van der Waals surface area contributed by atoms with Gasteiger partial charge in [-0.15, -0.1) is 0 Å². The zero-order valence-corrected chi connectivity index (χ0v) is 9.41. The molecule has 3 atom stereocenters. The van der Waals surface area contributed by atoms with Crippen molar-refractivity contribution in [2.45, 2.75) is 38.1 Å². The van der Waals surface area contributed by atoms with Gasteiger partial charge in [0.2, 0.25) is 0 Å². The molecule has 1 N–H and O–H groups in total. The van der Waals surface area contributed by atoms with Gasteiger partial charge in [0.15, 0.2) is 0 Å². The van der Waals surface area contributed by atoms with Crippen molar-refractivity contribution in [1.29, 1.82) is 0 Å². The Labute approximate surface area is 91.3 Å². The lowest BCUT2D eigenvalue weighted by molar-refractivity contribution is -0.0870. The number of rotatable bonds is 4. The number of hydrogen-bond donors (Lipinski definition) is 1. The van der Waals surface area contributed by atoms with Crippen molar-refractivity contribution in [3.05, 3.63) is 0 Å². The Bertz CT molecular complexity index is 178. The standard InChI is InChI=1S/C11H21NO3/c1-9-2-3-10(15-9)6-12-7-11-8-13-4-5-14-11/h9-12H,2-8H2,1H3. The zero-order valence-electron chi connectivity index (χ0n) is 9.41. The van der Waals surface area contributed by atoms with E-state index in [4.69, 9.17) is 14.2 Å². The molecule has 0 bridgehead atoms. The summed E-state index contributed by atoms with van der Waals surface area (Å²) in [7, 11) is 0. The van der Waals surface area contributed by atoms with Crippen LogP contribution in [-0.2, 0) is 14.2 Å². The van der Waals surface area contributed by atoms with Crippen molar-refractivity contribution in [1.82, 2.24) is 5.32 Å². The van der Waals surface area contributed by atoms with E-state index in [9.17, 15) is 0 Å². The second-order valence-corrected chi connectivity index (χ2v) is 4.37. The largest absolute Gasteiger partial charge is 0.376 e. The van der Waals surface area contributed by atoms with Crippen LogP contribution in [0.15, 0.2) is 0 Å². The molecule has 2 rings (SSSR count). The highest BCUT2D eigenvalue weighted by atomic mass is 16.6. The van der Waals surface area contributed by atoms with Gasteiger partial charge in [0.05, 0.1) is 38.1 Å². The summed E-state index contributed by atoms with van der Waals surface area (Å²) in [6.45, 7) is 6.12. The molecular formula is C11H21NO3. The van der Waals surface area contributed by atoms with Gasteiger partial charge in [-0.05, 0) is 19.8 Å². The van der Waals surface area contributed by atoms with E-state index >= 15 is 0 Å². The van der Waals surface area contributed by atoms with Crippen LogP contribution in [0.5, 0.6) is 0 Å². The summed E-state index contributed by atoms with van der Waals surface area (Å²) in [5, 5.41) is 3.39. The highest BCUT2D eigenvalue weighted by Gasteiger charge is 2.21. The van der Waals surface area contributed by atoms with E-state index in [1.807, 2.05) is 0 Å². The van der Waals surface area contributed by atoms with E-state index in [0.29, 0.717) is 12.2 Å². The third-order valence-electron chi connectivity index (χ3n) is 2.95. The van der Waals surface area contributed by atoms with Crippen molar-refractivity contribution >= 4 is 0 Å². The fourth-order valence-electron chi connectivity index (χ4n) is 2.10. The quantitative estimate of drug-likeness (QED) is 0.744. The van der Waals surface area contributed by atoms with Crippen LogP contribution in [0.2, 0.25) is 0 Å². The molecular weight excluding hydrogens is 194 g/mol. The monoisotopic (exact) mass is 215 g/mol. The highest BCUT2D eigenvalue weighted by molar-refractivity contribution is 4.73. The maximum Gasteiger partial charge on any atom is 0.0933 e. The summed E-state index contributed by atoms with van der Waals surface area (Å²) in [6, 6.07) is 0. The Morgan fingerprint density at radius 2 is 2.00 bits per heavy atom. The third-order valence-corrected chi connectivity index (χ3v) is 2.95. The molecule has 0 spiro atoms. The molecule has 4 nitrogen and oxygen atoms in total.